The number of sulfone groups is 1. The predicted molar refractivity (Wildman–Crippen MR) is 107 cm³/mol. The van der Waals surface area contributed by atoms with Crippen molar-refractivity contribution in [3.05, 3.63) is 52.5 Å². The second-order valence-electron chi connectivity index (χ2n) is 7.31. The molecule has 1 amide bonds. The molecule has 2 bridgehead atoms. The number of hydrogen-bond acceptors (Lipinski definition) is 5. The lowest BCUT2D eigenvalue weighted by Gasteiger charge is -2.51. The van der Waals surface area contributed by atoms with Crippen LogP contribution in [0.25, 0.3) is 0 Å². The number of likely N-dealkylation sites (tertiary alicyclic amines) is 1. The topological polar surface area (TPSA) is 72.9 Å². The van der Waals surface area contributed by atoms with Crippen LogP contribution >= 0.6 is 15.9 Å². The molecule has 0 unspecified atom stereocenters. The molecule has 8 heteroatoms. The second-order valence-corrected chi connectivity index (χ2v) is 10.3. The molecule has 1 fully saturated rings. The van der Waals surface area contributed by atoms with E-state index in [1.807, 2.05) is 6.92 Å². The van der Waals surface area contributed by atoms with Gasteiger partial charge in [0.15, 0.2) is 20.8 Å². The van der Waals surface area contributed by atoms with Crippen molar-refractivity contribution in [1.82, 2.24) is 4.90 Å². The molecule has 148 valence electrons. The molecule has 0 N–H and O–H groups in total. The standard InChI is InChI=1S/C20H20BrNO5S/c1-20-11-16(15-10-13(26-3)6-9-17(15)27-20)18(19(23)22(20)2)28(24,25)14-7-4-12(21)5-8-14/h4-10,16,18H,11H2,1-3H3/t16-,18-,20+/m0/s1. The first-order valence-electron chi connectivity index (χ1n) is 8.81. The number of carbonyl (C=O) groups is 1. The second kappa shape index (κ2) is 6.49. The Labute approximate surface area is 172 Å². The van der Waals surface area contributed by atoms with Crippen molar-refractivity contribution in [3.8, 4) is 11.5 Å². The van der Waals surface area contributed by atoms with Gasteiger partial charge in [-0.05, 0) is 49.4 Å². The molecule has 28 heavy (non-hydrogen) atoms. The molecular formula is C20H20BrNO5S. The highest BCUT2D eigenvalue weighted by Crippen LogP contribution is 2.50. The average Bonchev–Trinajstić information content (AvgIpc) is 2.66. The van der Waals surface area contributed by atoms with Gasteiger partial charge in [0.2, 0.25) is 5.91 Å². The number of amides is 1. The van der Waals surface area contributed by atoms with Crippen LogP contribution < -0.4 is 9.47 Å². The summed E-state index contributed by atoms with van der Waals surface area (Å²) in [4.78, 5) is 14.8. The number of nitrogens with zero attached hydrogens (tertiary/aromatic N) is 1. The van der Waals surface area contributed by atoms with Crippen molar-refractivity contribution >= 4 is 31.7 Å². The van der Waals surface area contributed by atoms with E-state index in [0.717, 1.165) is 4.47 Å². The van der Waals surface area contributed by atoms with Crippen molar-refractivity contribution in [2.24, 2.45) is 0 Å². The zero-order chi connectivity index (χ0) is 20.3. The molecule has 0 aliphatic carbocycles. The Morgan fingerprint density at radius 2 is 1.89 bits per heavy atom. The third-order valence-corrected chi connectivity index (χ3v) is 8.33. The van der Waals surface area contributed by atoms with Gasteiger partial charge in [0, 0.05) is 29.4 Å². The summed E-state index contributed by atoms with van der Waals surface area (Å²) < 4.78 is 39.2. The number of rotatable bonds is 3. The normalized spacial score (nSPS) is 26.4. The van der Waals surface area contributed by atoms with Crippen molar-refractivity contribution in [2.75, 3.05) is 14.2 Å². The molecule has 0 radical (unpaired) electrons. The molecule has 2 aliphatic heterocycles. The highest BCUT2D eigenvalue weighted by Gasteiger charge is 2.57. The molecule has 1 saturated heterocycles. The Bertz CT molecular complexity index is 1050. The SMILES string of the molecule is COc1ccc2c(c1)[C@@H]1C[C@@](C)(O2)N(C)C(=O)[C@H]1S(=O)(=O)c1ccc(Br)cc1. The maximum Gasteiger partial charge on any atom is 0.244 e. The maximum atomic E-state index is 13.5. The first kappa shape index (κ1) is 19.3. The Hall–Kier alpha value is -2.06. The lowest BCUT2D eigenvalue weighted by Crippen LogP contribution is -2.64. The Morgan fingerprint density at radius 1 is 1.21 bits per heavy atom. The van der Waals surface area contributed by atoms with E-state index in [0.29, 0.717) is 23.5 Å². The smallest absolute Gasteiger partial charge is 0.244 e. The van der Waals surface area contributed by atoms with Gasteiger partial charge in [-0.2, -0.15) is 0 Å². The molecule has 0 spiro atoms. The Kier molecular flexibility index (Phi) is 4.46. The minimum atomic E-state index is -3.91. The molecule has 0 aromatic heterocycles. The van der Waals surface area contributed by atoms with E-state index in [-0.39, 0.29) is 4.90 Å². The molecule has 4 rings (SSSR count). The van der Waals surface area contributed by atoms with Crippen LogP contribution in [0.5, 0.6) is 11.5 Å². The molecular weight excluding hydrogens is 446 g/mol. The fourth-order valence-electron chi connectivity index (χ4n) is 4.02. The number of hydrogen-bond donors (Lipinski definition) is 0. The van der Waals surface area contributed by atoms with Gasteiger partial charge >= 0.3 is 0 Å². The van der Waals surface area contributed by atoms with Crippen LogP contribution in [-0.2, 0) is 14.6 Å². The minimum absolute atomic E-state index is 0.127. The summed E-state index contributed by atoms with van der Waals surface area (Å²) in [6.07, 6.45) is 0.385. The van der Waals surface area contributed by atoms with Crippen LogP contribution in [0.4, 0.5) is 0 Å². The van der Waals surface area contributed by atoms with E-state index >= 15 is 0 Å². The highest BCUT2D eigenvalue weighted by molar-refractivity contribution is 9.10. The van der Waals surface area contributed by atoms with E-state index in [4.69, 9.17) is 9.47 Å². The summed E-state index contributed by atoms with van der Waals surface area (Å²) in [6, 6.07) is 11.7. The maximum absolute atomic E-state index is 13.5. The molecule has 3 atom stereocenters. The van der Waals surface area contributed by atoms with Crippen molar-refractivity contribution in [2.45, 2.75) is 35.1 Å². The molecule has 2 heterocycles. The minimum Gasteiger partial charge on any atom is -0.497 e. The molecule has 2 aliphatic rings. The highest BCUT2D eigenvalue weighted by atomic mass is 79.9. The lowest BCUT2D eigenvalue weighted by atomic mass is 9.80. The monoisotopic (exact) mass is 465 g/mol. The summed E-state index contributed by atoms with van der Waals surface area (Å²) in [6.45, 7) is 1.81. The number of fused-ring (bicyclic) bond motifs is 4. The molecule has 6 nitrogen and oxygen atoms in total. The first-order valence-corrected chi connectivity index (χ1v) is 11.2. The van der Waals surface area contributed by atoms with Crippen LogP contribution in [0, 0.1) is 0 Å². The van der Waals surface area contributed by atoms with Crippen LogP contribution in [0.2, 0.25) is 0 Å². The zero-order valence-corrected chi connectivity index (χ0v) is 18.1. The third-order valence-electron chi connectivity index (χ3n) is 5.67. The number of piperidine rings is 1. The zero-order valence-electron chi connectivity index (χ0n) is 15.7. The van der Waals surface area contributed by atoms with Gasteiger partial charge in [-0.3, -0.25) is 4.79 Å². The van der Waals surface area contributed by atoms with Crippen molar-refractivity contribution < 1.29 is 22.7 Å². The summed E-state index contributed by atoms with van der Waals surface area (Å²) in [7, 11) is -0.768. The third kappa shape index (κ3) is 2.81. The fourth-order valence-corrected chi connectivity index (χ4v) is 6.20. The first-order chi connectivity index (χ1) is 13.2. The number of benzene rings is 2. The summed E-state index contributed by atoms with van der Waals surface area (Å²) in [5.41, 5.74) is -0.210. The van der Waals surface area contributed by atoms with Crippen LogP contribution in [0.1, 0.15) is 24.8 Å². The van der Waals surface area contributed by atoms with E-state index < -0.39 is 32.6 Å². The van der Waals surface area contributed by atoms with Crippen molar-refractivity contribution in [1.29, 1.82) is 0 Å². The van der Waals surface area contributed by atoms with Gasteiger partial charge in [-0.25, -0.2) is 8.42 Å². The van der Waals surface area contributed by atoms with Crippen LogP contribution in [0.3, 0.4) is 0 Å². The molecule has 2 aromatic rings. The quantitative estimate of drug-likeness (QED) is 0.694. The predicted octanol–water partition coefficient (Wildman–Crippen LogP) is 3.35. The van der Waals surface area contributed by atoms with Gasteiger partial charge in [-0.15, -0.1) is 0 Å². The van der Waals surface area contributed by atoms with Crippen LogP contribution in [0.15, 0.2) is 51.8 Å². The largest absolute Gasteiger partial charge is 0.497 e. The summed E-state index contributed by atoms with van der Waals surface area (Å²) in [5, 5.41) is -1.22. The summed E-state index contributed by atoms with van der Waals surface area (Å²) in [5.74, 6) is 0.184. The number of carbonyl (C=O) groups excluding carboxylic acids is 1. The molecule has 0 saturated carbocycles. The Morgan fingerprint density at radius 3 is 2.54 bits per heavy atom. The lowest BCUT2D eigenvalue weighted by molar-refractivity contribution is -0.159. The summed E-state index contributed by atoms with van der Waals surface area (Å²) >= 11 is 3.32. The number of methoxy groups -OCH3 is 1. The van der Waals surface area contributed by atoms with Gasteiger partial charge in [0.25, 0.3) is 0 Å². The van der Waals surface area contributed by atoms with Gasteiger partial charge in [0.05, 0.1) is 12.0 Å². The van der Waals surface area contributed by atoms with E-state index in [2.05, 4.69) is 15.9 Å². The Balaban J connectivity index is 1.89. The van der Waals surface area contributed by atoms with E-state index in [1.165, 1.54) is 17.0 Å². The van der Waals surface area contributed by atoms with Gasteiger partial charge in [0.1, 0.15) is 11.5 Å². The van der Waals surface area contributed by atoms with Crippen molar-refractivity contribution in [3.63, 3.8) is 0 Å². The average molecular weight is 466 g/mol. The fraction of sp³-hybridized carbons (Fsp3) is 0.350. The number of halogens is 1. The van der Waals surface area contributed by atoms with Crippen LogP contribution in [-0.4, -0.2) is 44.4 Å². The number of ether oxygens (including phenoxy) is 2. The van der Waals surface area contributed by atoms with E-state index in [9.17, 15) is 13.2 Å². The van der Waals surface area contributed by atoms with Gasteiger partial charge in [-0.1, -0.05) is 15.9 Å². The molecule has 2 aromatic carbocycles. The van der Waals surface area contributed by atoms with Gasteiger partial charge < -0.3 is 14.4 Å². The van der Waals surface area contributed by atoms with E-state index in [1.54, 1.807) is 44.5 Å².